The third-order valence-electron chi connectivity index (χ3n) is 3.02. The number of hydrogen-bond donors (Lipinski definition) is 1. The Morgan fingerprint density at radius 2 is 0.913 bits per heavy atom. The Kier molecular flexibility index (Phi) is 19.6. The van der Waals surface area contributed by atoms with E-state index in [9.17, 15) is 5.11 Å². The molecular formula is C17H36O6. The van der Waals surface area contributed by atoms with E-state index < -0.39 is 6.10 Å². The van der Waals surface area contributed by atoms with Crippen molar-refractivity contribution >= 4 is 0 Å². The van der Waals surface area contributed by atoms with Gasteiger partial charge in [-0.1, -0.05) is 26.7 Å². The van der Waals surface area contributed by atoms with Crippen LogP contribution in [-0.4, -0.2) is 77.3 Å². The highest BCUT2D eigenvalue weighted by Gasteiger charge is 2.04. The Labute approximate surface area is 141 Å². The number of unbranched alkanes of at least 4 members (excludes halogenated alkanes) is 2. The van der Waals surface area contributed by atoms with E-state index in [1.165, 1.54) is 0 Å². The van der Waals surface area contributed by atoms with Crippen LogP contribution in [0.3, 0.4) is 0 Å². The van der Waals surface area contributed by atoms with Crippen LogP contribution in [-0.2, 0) is 23.7 Å². The fourth-order valence-corrected chi connectivity index (χ4v) is 1.64. The lowest BCUT2D eigenvalue weighted by atomic mass is 10.4. The van der Waals surface area contributed by atoms with Crippen molar-refractivity contribution in [2.75, 3.05) is 66.1 Å². The molecule has 0 bridgehead atoms. The van der Waals surface area contributed by atoms with Crippen LogP contribution < -0.4 is 0 Å². The van der Waals surface area contributed by atoms with Gasteiger partial charge < -0.3 is 28.8 Å². The minimum Gasteiger partial charge on any atom is -0.388 e. The summed E-state index contributed by atoms with van der Waals surface area (Å²) in [5, 5.41) is 9.66. The maximum Gasteiger partial charge on any atom is 0.101 e. The van der Waals surface area contributed by atoms with Gasteiger partial charge in [-0.25, -0.2) is 0 Å². The SMILES string of the molecule is CCCCOCCOCCOCC(O)COCCOCCCC. The highest BCUT2D eigenvalue weighted by atomic mass is 16.6. The Hall–Kier alpha value is -0.240. The van der Waals surface area contributed by atoms with Gasteiger partial charge in [0.15, 0.2) is 0 Å². The van der Waals surface area contributed by atoms with Crippen LogP contribution >= 0.6 is 0 Å². The van der Waals surface area contributed by atoms with Gasteiger partial charge in [0.05, 0.1) is 52.9 Å². The smallest absolute Gasteiger partial charge is 0.101 e. The van der Waals surface area contributed by atoms with Crippen molar-refractivity contribution in [3.05, 3.63) is 0 Å². The largest absolute Gasteiger partial charge is 0.388 e. The molecule has 0 saturated heterocycles. The third-order valence-corrected chi connectivity index (χ3v) is 3.02. The number of aliphatic hydroxyl groups is 1. The molecule has 0 fully saturated rings. The maximum atomic E-state index is 9.66. The Morgan fingerprint density at radius 1 is 0.565 bits per heavy atom. The summed E-state index contributed by atoms with van der Waals surface area (Å²) in [4.78, 5) is 0. The van der Waals surface area contributed by atoms with E-state index in [4.69, 9.17) is 23.7 Å². The summed E-state index contributed by atoms with van der Waals surface area (Å²) in [5.74, 6) is 0. The molecule has 6 heteroatoms. The quantitative estimate of drug-likeness (QED) is 0.364. The lowest BCUT2D eigenvalue weighted by Gasteiger charge is -2.12. The fraction of sp³-hybridized carbons (Fsp3) is 1.00. The zero-order valence-electron chi connectivity index (χ0n) is 15.0. The maximum absolute atomic E-state index is 9.66. The van der Waals surface area contributed by atoms with Gasteiger partial charge in [-0.15, -0.1) is 0 Å². The highest BCUT2D eigenvalue weighted by molar-refractivity contribution is 4.51. The minimum atomic E-state index is -0.608. The monoisotopic (exact) mass is 336 g/mol. The molecule has 1 N–H and O–H groups in total. The number of ether oxygens (including phenoxy) is 5. The molecule has 140 valence electrons. The first kappa shape index (κ1) is 22.8. The van der Waals surface area contributed by atoms with Crippen molar-refractivity contribution in [3.8, 4) is 0 Å². The van der Waals surface area contributed by atoms with Gasteiger partial charge in [0.25, 0.3) is 0 Å². The normalized spacial score (nSPS) is 12.7. The fourth-order valence-electron chi connectivity index (χ4n) is 1.64. The molecule has 0 heterocycles. The molecule has 0 spiro atoms. The molecule has 6 nitrogen and oxygen atoms in total. The second-order valence-electron chi connectivity index (χ2n) is 5.35. The molecule has 0 amide bonds. The zero-order valence-corrected chi connectivity index (χ0v) is 15.0. The van der Waals surface area contributed by atoms with Gasteiger partial charge in [0.2, 0.25) is 0 Å². The van der Waals surface area contributed by atoms with Gasteiger partial charge in [-0.2, -0.15) is 0 Å². The molecule has 0 saturated carbocycles. The number of hydrogen-bond acceptors (Lipinski definition) is 6. The van der Waals surface area contributed by atoms with Gasteiger partial charge in [-0.3, -0.25) is 0 Å². The molecule has 1 unspecified atom stereocenters. The summed E-state index contributed by atoms with van der Waals surface area (Å²) in [6, 6.07) is 0. The zero-order chi connectivity index (χ0) is 17.0. The highest BCUT2D eigenvalue weighted by Crippen LogP contribution is 1.91. The standard InChI is InChI=1S/C17H36O6/c1-3-5-7-19-9-10-21-12-14-23-16-17(18)15-22-13-11-20-8-6-4-2/h17-18H,3-16H2,1-2H3. The van der Waals surface area contributed by atoms with Crippen LogP contribution in [0.4, 0.5) is 0 Å². The Balaban J connectivity index is 3.11. The van der Waals surface area contributed by atoms with Crippen molar-refractivity contribution < 1.29 is 28.8 Å². The molecule has 0 radical (unpaired) electrons. The lowest BCUT2D eigenvalue weighted by Crippen LogP contribution is -2.24. The first-order chi connectivity index (χ1) is 11.3. The number of aliphatic hydroxyl groups excluding tert-OH is 1. The topological polar surface area (TPSA) is 66.4 Å². The van der Waals surface area contributed by atoms with Crippen molar-refractivity contribution in [2.45, 2.75) is 45.6 Å². The summed E-state index contributed by atoms with van der Waals surface area (Å²) >= 11 is 0. The predicted octanol–water partition coefficient (Wildman–Crippen LogP) is 2.03. The van der Waals surface area contributed by atoms with E-state index in [1.807, 2.05) is 0 Å². The second kappa shape index (κ2) is 19.8. The Bertz CT molecular complexity index is 215. The van der Waals surface area contributed by atoms with E-state index >= 15 is 0 Å². The molecule has 0 aliphatic carbocycles. The molecule has 0 rings (SSSR count). The van der Waals surface area contributed by atoms with Crippen LogP contribution in [0.2, 0.25) is 0 Å². The van der Waals surface area contributed by atoms with Crippen molar-refractivity contribution in [2.24, 2.45) is 0 Å². The molecule has 0 aromatic carbocycles. The molecule has 1 atom stereocenters. The Morgan fingerprint density at radius 3 is 1.30 bits per heavy atom. The first-order valence-electron chi connectivity index (χ1n) is 8.88. The van der Waals surface area contributed by atoms with Crippen LogP contribution in [0, 0.1) is 0 Å². The lowest BCUT2D eigenvalue weighted by molar-refractivity contribution is -0.0444. The minimum absolute atomic E-state index is 0.257. The van der Waals surface area contributed by atoms with E-state index in [0.717, 1.165) is 38.9 Å². The summed E-state index contributed by atoms with van der Waals surface area (Å²) in [7, 11) is 0. The second-order valence-corrected chi connectivity index (χ2v) is 5.35. The van der Waals surface area contributed by atoms with Crippen LogP contribution in [0.25, 0.3) is 0 Å². The summed E-state index contributed by atoms with van der Waals surface area (Å²) in [6.07, 6.45) is 3.83. The average Bonchev–Trinajstić information content (AvgIpc) is 2.55. The van der Waals surface area contributed by atoms with Gasteiger partial charge >= 0.3 is 0 Å². The predicted molar refractivity (Wildman–Crippen MR) is 89.9 cm³/mol. The van der Waals surface area contributed by atoms with Gasteiger partial charge in [-0.05, 0) is 12.8 Å². The van der Waals surface area contributed by atoms with E-state index in [2.05, 4.69) is 13.8 Å². The molecule has 0 aliphatic heterocycles. The van der Waals surface area contributed by atoms with E-state index in [-0.39, 0.29) is 13.2 Å². The molecule has 0 aromatic rings. The number of rotatable bonds is 19. The summed E-state index contributed by atoms with van der Waals surface area (Å²) in [5.41, 5.74) is 0. The summed E-state index contributed by atoms with van der Waals surface area (Å²) < 4.78 is 26.7. The molecule has 0 aromatic heterocycles. The van der Waals surface area contributed by atoms with Crippen molar-refractivity contribution in [3.63, 3.8) is 0 Å². The van der Waals surface area contributed by atoms with Gasteiger partial charge in [0, 0.05) is 13.2 Å². The van der Waals surface area contributed by atoms with Gasteiger partial charge in [0.1, 0.15) is 6.10 Å². The summed E-state index contributed by atoms with van der Waals surface area (Å²) in [6.45, 7) is 9.61. The average molecular weight is 336 g/mol. The molecular weight excluding hydrogens is 300 g/mol. The van der Waals surface area contributed by atoms with Crippen LogP contribution in [0.1, 0.15) is 39.5 Å². The van der Waals surface area contributed by atoms with Crippen molar-refractivity contribution in [1.29, 1.82) is 0 Å². The first-order valence-corrected chi connectivity index (χ1v) is 8.88. The molecule has 0 aliphatic rings. The van der Waals surface area contributed by atoms with E-state index in [1.54, 1.807) is 0 Å². The molecule has 23 heavy (non-hydrogen) atoms. The van der Waals surface area contributed by atoms with Crippen LogP contribution in [0.15, 0.2) is 0 Å². The van der Waals surface area contributed by atoms with E-state index in [0.29, 0.717) is 39.6 Å². The van der Waals surface area contributed by atoms with Crippen molar-refractivity contribution in [1.82, 2.24) is 0 Å². The third kappa shape index (κ3) is 19.7. The van der Waals surface area contributed by atoms with Crippen LogP contribution in [0.5, 0.6) is 0 Å².